The lowest BCUT2D eigenvalue weighted by atomic mass is 9.24. The molecule has 2 heteroatoms. The van der Waals surface area contributed by atoms with Gasteiger partial charge < -0.3 is 10.6 Å². The number of nitrogens with zero attached hydrogens (tertiary/aromatic N) is 1. The van der Waals surface area contributed by atoms with Gasteiger partial charge in [0, 0.05) is 24.5 Å². The zero-order valence-electron chi connectivity index (χ0n) is 17.4. The van der Waals surface area contributed by atoms with Gasteiger partial charge >= 0.3 is 0 Å². The molecular formula is C25H36N2. The van der Waals surface area contributed by atoms with Crippen LogP contribution in [0.4, 0.5) is 0 Å². The molecule has 1 aromatic rings. The highest BCUT2D eigenvalue weighted by Gasteiger charge is 2.88. The molecule has 4 aliphatic carbocycles. The predicted molar refractivity (Wildman–Crippen MR) is 110 cm³/mol. The van der Waals surface area contributed by atoms with Gasteiger partial charge in [0.25, 0.3) is 0 Å². The number of benzene rings is 1. The van der Waals surface area contributed by atoms with Gasteiger partial charge in [0.1, 0.15) is 0 Å². The van der Waals surface area contributed by atoms with Crippen molar-refractivity contribution in [2.75, 3.05) is 19.6 Å². The van der Waals surface area contributed by atoms with Crippen LogP contribution in [0, 0.1) is 27.6 Å². The Balaban J connectivity index is 1.33. The molecule has 4 saturated carbocycles. The minimum absolute atomic E-state index is 0.258. The van der Waals surface area contributed by atoms with Gasteiger partial charge in [-0.3, -0.25) is 0 Å². The molecule has 1 saturated heterocycles. The third-order valence-electron chi connectivity index (χ3n) is 10.3. The van der Waals surface area contributed by atoms with Crippen LogP contribution in [0.2, 0.25) is 0 Å². The van der Waals surface area contributed by atoms with E-state index in [4.69, 9.17) is 5.73 Å². The van der Waals surface area contributed by atoms with Crippen molar-refractivity contribution < 1.29 is 0 Å². The monoisotopic (exact) mass is 364 g/mol. The van der Waals surface area contributed by atoms with E-state index in [0.29, 0.717) is 27.7 Å². The van der Waals surface area contributed by atoms with Crippen LogP contribution in [-0.4, -0.2) is 30.6 Å². The Kier molecular flexibility index (Phi) is 3.04. The Bertz CT molecular complexity index is 787. The van der Waals surface area contributed by atoms with Crippen LogP contribution in [-0.2, 0) is 5.41 Å². The first-order chi connectivity index (χ1) is 12.7. The number of hydrogen-bond donors (Lipinski definition) is 1. The molecule has 1 aromatic carbocycles. The molecule has 0 radical (unpaired) electrons. The van der Waals surface area contributed by atoms with Gasteiger partial charge in [-0.05, 0) is 78.2 Å². The normalized spacial score (nSPS) is 52.1. The summed E-state index contributed by atoms with van der Waals surface area (Å²) in [5, 5.41) is 0. The smallest absolute Gasteiger partial charge is 0.0115 e. The average molecular weight is 365 g/mol. The summed E-state index contributed by atoms with van der Waals surface area (Å²) < 4.78 is 0. The molecule has 2 N–H and O–H groups in total. The SMILES string of the molecule is CC1(C)CN(CC23CC4C[C@]5(C)C[C@@](c6ccccc6)(C2)C45C3)CC[C@@H]1N. The van der Waals surface area contributed by atoms with Crippen molar-refractivity contribution in [3.05, 3.63) is 35.9 Å². The van der Waals surface area contributed by atoms with Crippen molar-refractivity contribution in [1.82, 2.24) is 4.90 Å². The van der Waals surface area contributed by atoms with E-state index >= 15 is 0 Å². The Morgan fingerprint density at radius 3 is 2.52 bits per heavy atom. The first-order valence-corrected chi connectivity index (χ1v) is 11.3. The fraction of sp³-hybridized carbons (Fsp3) is 0.760. The average Bonchev–Trinajstić information content (AvgIpc) is 3.06. The van der Waals surface area contributed by atoms with E-state index in [-0.39, 0.29) is 5.41 Å². The molecule has 1 heterocycles. The highest BCUT2D eigenvalue weighted by atomic mass is 15.2. The summed E-state index contributed by atoms with van der Waals surface area (Å²) >= 11 is 0. The highest BCUT2D eigenvalue weighted by Crippen LogP contribution is 2.93. The Labute approximate surface area is 164 Å². The fourth-order valence-corrected chi connectivity index (χ4v) is 9.62. The second-order valence-electron chi connectivity index (χ2n) is 12.2. The molecule has 2 nitrogen and oxygen atoms in total. The molecule has 1 aliphatic heterocycles. The zero-order chi connectivity index (χ0) is 18.7. The molecule has 0 aromatic heterocycles. The summed E-state index contributed by atoms with van der Waals surface area (Å²) in [4.78, 5) is 2.80. The highest BCUT2D eigenvalue weighted by molar-refractivity contribution is 5.47. The molecule has 5 fully saturated rings. The lowest BCUT2D eigenvalue weighted by Gasteiger charge is -2.79. The van der Waals surface area contributed by atoms with E-state index in [2.05, 4.69) is 56.0 Å². The maximum atomic E-state index is 6.43. The molecule has 6 rings (SSSR count). The van der Waals surface area contributed by atoms with Crippen molar-refractivity contribution in [3.8, 4) is 0 Å². The van der Waals surface area contributed by atoms with Crippen molar-refractivity contribution in [2.45, 2.75) is 70.8 Å². The van der Waals surface area contributed by atoms with Crippen LogP contribution >= 0.6 is 0 Å². The van der Waals surface area contributed by atoms with Crippen LogP contribution in [0.1, 0.15) is 64.9 Å². The van der Waals surface area contributed by atoms with Crippen LogP contribution in [0.15, 0.2) is 30.3 Å². The number of fused-ring (bicyclic) bond motifs is 1. The van der Waals surface area contributed by atoms with Crippen molar-refractivity contribution in [3.63, 3.8) is 0 Å². The lowest BCUT2D eigenvalue weighted by molar-refractivity contribution is -0.271. The van der Waals surface area contributed by atoms with E-state index in [1.807, 2.05) is 0 Å². The Hall–Kier alpha value is -0.860. The van der Waals surface area contributed by atoms with Crippen LogP contribution in [0.3, 0.4) is 0 Å². The van der Waals surface area contributed by atoms with Crippen molar-refractivity contribution in [1.29, 1.82) is 0 Å². The largest absolute Gasteiger partial charge is 0.327 e. The van der Waals surface area contributed by atoms with E-state index in [0.717, 1.165) is 5.92 Å². The third-order valence-corrected chi connectivity index (χ3v) is 10.3. The molecule has 27 heavy (non-hydrogen) atoms. The number of rotatable bonds is 3. The van der Waals surface area contributed by atoms with Gasteiger partial charge in [-0.2, -0.15) is 0 Å². The Morgan fingerprint density at radius 2 is 1.81 bits per heavy atom. The molecule has 5 aliphatic rings. The van der Waals surface area contributed by atoms with Gasteiger partial charge in [-0.1, -0.05) is 51.1 Å². The predicted octanol–water partition coefficient (Wildman–Crippen LogP) is 4.58. The van der Waals surface area contributed by atoms with Gasteiger partial charge in [-0.25, -0.2) is 0 Å². The van der Waals surface area contributed by atoms with Gasteiger partial charge in [0.15, 0.2) is 0 Å². The van der Waals surface area contributed by atoms with Crippen LogP contribution < -0.4 is 5.73 Å². The molecular weight excluding hydrogens is 328 g/mol. The second kappa shape index (κ2) is 4.82. The summed E-state index contributed by atoms with van der Waals surface area (Å²) in [7, 11) is 0. The standard InChI is InChI=1S/C25H36N2/c1-21(2)16-27(10-9-20(21)26)17-23-12-19-11-22(3)13-24(14-23,25(19,22)15-23)18-7-5-4-6-8-18/h4-8,19-20H,9-17,26H2,1-3H3/t19?,20-,22+,23?,24-,25?/m0/s1. The first kappa shape index (κ1) is 17.0. The summed E-state index contributed by atoms with van der Waals surface area (Å²) in [6.07, 6.45) is 8.55. The summed E-state index contributed by atoms with van der Waals surface area (Å²) in [5.41, 5.74) is 10.7. The van der Waals surface area contributed by atoms with E-state index in [1.165, 1.54) is 58.2 Å². The molecule has 2 bridgehead atoms. The number of likely N-dealkylation sites (tertiary alicyclic amines) is 1. The number of hydrogen-bond acceptors (Lipinski definition) is 2. The topological polar surface area (TPSA) is 29.3 Å². The molecule has 3 unspecified atom stereocenters. The maximum absolute atomic E-state index is 6.43. The van der Waals surface area contributed by atoms with Gasteiger partial charge in [0.05, 0.1) is 0 Å². The summed E-state index contributed by atoms with van der Waals surface area (Å²) in [6, 6.07) is 12.0. The molecule has 6 atom stereocenters. The number of piperidine rings is 1. The van der Waals surface area contributed by atoms with E-state index in [1.54, 1.807) is 5.56 Å². The zero-order valence-corrected chi connectivity index (χ0v) is 17.4. The molecule has 146 valence electrons. The number of nitrogens with two attached hydrogens (primary N) is 1. The van der Waals surface area contributed by atoms with Crippen molar-refractivity contribution >= 4 is 0 Å². The molecule has 0 amide bonds. The quantitative estimate of drug-likeness (QED) is 0.850. The van der Waals surface area contributed by atoms with E-state index < -0.39 is 0 Å². The second-order valence-corrected chi connectivity index (χ2v) is 12.2. The molecule has 1 spiro atoms. The first-order valence-electron chi connectivity index (χ1n) is 11.3. The fourth-order valence-electron chi connectivity index (χ4n) is 9.62. The summed E-state index contributed by atoms with van der Waals surface area (Å²) in [6.45, 7) is 11.1. The van der Waals surface area contributed by atoms with Crippen LogP contribution in [0.25, 0.3) is 0 Å². The minimum atomic E-state index is 0.258. The van der Waals surface area contributed by atoms with Gasteiger partial charge in [0.2, 0.25) is 0 Å². The lowest BCUT2D eigenvalue weighted by Crippen LogP contribution is -2.74. The van der Waals surface area contributed by atoms with E-state index in [9.17, 15) is 0 Å². The van der Waals surface area contributed by atoms with Crippen molar-refractivity contribution in [2.24, 2.45) is 33.3 Å². The maximum Gasteiger partial charge on any atom is 0.0115 e. The van der Waals surface area contributed by atoms with Gasteiger partial charge in [-0.15, -0.1) is 0 Å². The summed E-state index contributed by atoms with van der Waals surface area (Å²) in [5.74, 6) is 0.991. The Morgan fingerprint density at radius 1 is 1.04 bits per heavy atom. The minimum Gasteiger partial charge on any atom is -0.327 e. The third kappa shape index (κ3) is 1.81. The van der Waals surface area contributed by atoms with Crippen LogP contribution in [0.5, 0.6) is 0 Å².